The summed E-state index contributed by atoms with van der Waals surface area (Å²) in [5, 5.41) is 0. The molecular formula is C16H22N2O2. The fourth-order valence-corrected chi connectivity index (χ4v) is 5.19. The second-order valence-electron chi connectivity index (χ2n) is 6.80. The van der Waals surface area contributed by atoms with Crippen molar-refractivity contribution in [1.29, 1.82) is 0 Å². The monoisotopic (exact) mass is 274 g/mol. The summed E-state index contributed by atoms with van der Waals surface area (Å²) in [4.78, 5) is 30.1. The van der Waals surface area contributed by atoms with Crippen molar-refractivity contribution >= 4 is 12.2 Å². The molecule has 3 rings (SSSR count). The van der Waals surface area contributed by atoms with Gasteiger partial charge in [-0.05, 0) is 43.4 Å². The van der Waals surface area contributed by atoms with Crippen LogP contribution in [0.25, 0.3) is 0 Å². The molecule has 0 amide bonds. The van der Waals surface area contributed by atoms with Gasteiger partial charge in [-0.25, -0.2) is 9.59 Å². The SMILES string of the molecule is O=C=NC1CCC2CCCC3CCCC1(N=C=O)C2C3. The van der Waals surface area contributed by atoms with Gasteiger partial charge in [0.1, 0.15) is 0 Å². The van der Waals surface area contributed by atoms with Crippen LogP contribution in [0.5, 0.6) is 0 Å². The van der Waals surface area contributed by atoms with Gasteiger partial charge in [0.15, 0.2) is 0 Å². The van der Waals surface area contributed by atoms with Gasteiger partial charge in [0, 0.05) is 0 Å². The predicted molar refractivity (Wildman–Crippen MR) is 74.8 cm³/mol. The van der Waals surface area contributed by atoms with Gasteiger partial charge in [-0.1, -0.05) is 32.1 Å². The maximum absolute atomic E-state index is 11.0. The third kappa shape index (κ3) is 2.17. The number of hydrogen-bond acceptors (Lipinski definition) is 4. The first-order chi connectivity index (χ1) is 9.80. The Kier molecular flexibility index (Phi) is 3.87. The van der Waals surface area contributed by atoms with E-state index in [0.29, 0.717) is 11.8 Å². The van der Waals surface area contributed by atoms with Gasteiger partial charge in [0.25, 0.3) is 0 Å². The second kappa shape index (κ2) is 5.63. The number of nitrogens with zero attached hydrogens (tertiary/aromatic N) is 2. The highest BCUT2D eigenvalue weighted by molar-refractivity contribution is 5.39. The summed E-state index contributed by atoms with van der Waals surface area (Å²) in [6, 6.07) is -0.153. The van der Waals surface area contributed by atoms with Crippen LogP contribution in [0.2, 0.25) is 0 Å². The third-order valence-corrected chi connectivity index (χ3v) is 6.03. The average Bonchev–Trinajstić information content (AvgIpc) is 2.75. The first-order valence-corrected chi connectivity index (χ1v) is 7.96. The fraction of sp³-hybridized carbons (Fsp3) is 0.875. The molecule has 0 aromatic carbocycles. The Morgan fingerprint density at radius 1 is 0.950 bits per heavy atom. The van der Waals surface area contributed by atoms with Gasteiger partial charge in [-0.15, -0.1) is 0 Å². The summed E-state index contributed by atoms with van der Waals surface area (Å²) in [6.45, 7) is 0. The molecule has 0 aliphatic heterocycles. The van der Waals surface area contributed by atoms with Crippen molar-refractivity contribution in [1.82, 2.24) is 0 Å². The molecular weight excluding hydrogens is 252 g/mol. The van der Waals surface area contributed by atoms with E-state index in [1.54, 1.807) is 6.08 Å². The minimum absolute atomic E-state index is 0.153. The van der Waals surface area contributed by atoms with Crippen LogP contribution in [0, 0.1) is 17.8 Å². The highest BCUT2D eigenvalue weighted by Gasteiger charge is 2.53. The first kappa shape index (κ1) is 13.7. The predicted octanol–water partition coefficient (Wildman–Crippen LogP) is 3.17. The molecule has 0 spiro atoms. The molecule has 0 N–H and O–H groups in total. The summed E-state index contributed by atoms with van der Waals surface area (Å²) < 4.78 is 0. The lowest BCUT2D eigenvalue weighted by atomic mass is 9.62. The molecule has 20 heavy (non-hydrogen) atoms. The molecule has 0 heterocycles. The molecule has 0 aromatic heterocycles. The first-order valence-electron chi connectivity index (χ1n) is 7.96. The van der Waals surface area contributed by atoms with E-state index in [2.05, 4.69) is 9.98 Å². The van der Waals surface area contributed by atoms with Crippen LogP contribution >= 0.6 is 0 Å². The summed E-state index contributed by atoms with van der Waals surface area (Å²) in [5.74, 6) is 1.83. The van der Waals surface area contributed by atoms with E-state index in [-0.39, 0.29) is 6.04 Å². The van der Waals surface area contributed by atoms with E-state index >= 15 is 0 Å². The largest absolute Gasteiger partial charge is 0.235 e. The Labute approximate surface area is 119 Å². The van der Waals surface area contributed by atoms with Crippen molar-refractivity contribution in [3.63, 3.8) is 0 Å². The number of isocyanates is 2. The standard InChI is InChI=1S/C16H22N2O2/c19-10-17-15-7-6-13-5-1-3-12-4-2-8-16(15,18-11-20)14(13)9-12/h12-15H,1-9H2. The molecule has 3 fully saturated rings. The zero-order chi connectivity index (χ0) is 14.0. The van der Waals surface area contributed by atoms with Crippen LogP contribution in [0.3, 0.4) is 0 Å². The van der Waals surface area contributed by atoms with E-state index in [1.165, 1.54) is 25.7 Å². The van der Waals surface area contributed by atoms with E-state index in [0.717, 1.165) is 38.0 Å². The van der Waals surface area contributed by atoms with Crippen LogP contribution in [-0.2, 0) is 9.59 Å². The van der Waals surface area contributed by atoms with Gasteiger partial charge in [-0.2, -0.15) is 9.98 Å². The highest BCUT2D eigenvalue weighted by Crippen LogP contribution is 2.53. The minimum atomic E-state index is -0.457. The Morgan fingerprint density at radius 2 is 1.80 bits per heavy atom. The Hall–Kier alpha value is -1.24. The van der Waals surface area contributed by atoms with Crippen molar-refractivity contribution in [2.75, 3.05) is 0 Å². The fourth-order valence-electron chi connectivity index (χ4n) is 5.19. The topological polar surface area (TPSA) is 58.9 Å². The van der Waals surface area contributed by atoms with Gasteiger partial charge in [0.05, 0.1) is 11.6 Å². The van der Waals surface area contributed by atoms with E-state index in [1.807, 2.05) is 6.08 Å². The summed E-state index contributed by atoms with van der Waals surface area (Å²) in [5.41, 5.74) is -0.457. The molecule has 3 aliphatic carbocycles. The average molecular weight is 274 g/mol. The van der Waals surface area contributed by atoms with Crippen LogP contribution in [0.1, 0.15) is 57.8 Å². The number of aliphatic imine (C=N–C) groups is 2. The number of carbonyl (C=O) groups excluding carboxylic acids is 2. The normalized spacial score (nSPS) is 43.4. The van der Waals surface area contributed by atoms with Crippen molar-refractivity contribution in [3.8, 4) is 0 Å². The molecule has 0 saturated heterocycles. The number of fused-ring (bicyclic) bond motifs is 1. The van der Waals surface area contributed by atoms with Crippen LogP contribution in [0.4, 0.5) is 0 Å². The molecule has 108 valence electrons. The van der Waals surface area contributed by atoms with Crippen molar-refractivity contribution in [2.24, 2.45) is 27.7 Å². The maximum atomic E-state index is 11.0. The molecule has 5 atom stereocenters. The van der Waals surface area contributed by atoms with Gasteiger partial charge in [-0.3, -0.25) is 0 Å². The molecule has 4 nitrogen and oxygen atoms in total. The molecule has 5 unspecified atom stereocenters. The molecule has 4 heteroatoms. The zero-order valence-corrected chi connectivity index (χ0v) is 11.9. The Balaban J connectivity index is 2.05. The molecule has 0 radical (unpaired) electrons. The Bertz CT molecular complexity index is 465. The minimum Gasteiger partial charge on any atom is -0.211 e. The molecule has 3 saturated carbocycles. The lowest BCUT2D eigenvalue weighted by molar-refractivity contribution is 0.0870. The van der Waals surface area contributed by atoms with E-state index in [4.69, 9.17) is 0 Å². The molecule has 0 aromatic rings. The van der Waals surface area contributed by atoms with Crippen molar-refractivity contribution in [3.05, 3.63) is 0 Å². The Morgan fingerprint density at radius 3 is 2.60 bits per heavy atom. The second-order valence-corrected chi connectivity index (χ2v) is 6.80. The third-order valence-electron chi connectivity index (χ3n) is 6.03. The van der Waals surface area contributed by atoms with Gasteiger partial charge < -0.3 is 0 Å². The maximum Gasteiger partial charge on any atom is 0.235 e. The summed E-state index contributed by atoms with van der Waals surface area (Å²) in [7, 11) is 0. The quantitative estimate of drug-likeness (QED) is 0.573. The number of rotatable bonds is 2. The van der Waals surface area contributed by atoms with Crippen LogP contribution < -0.4 is 0 Å². The van der Waals surface area contributed by atoms with Gasteiger partial charge >= 0.3 is 0 Å². The van der Waals surface area contributed by atoms with Crippen molar-refractivity contribution in [2.45, 2.75) is 69.4 Å². The van der Waals surface area contributed by atoms with E-state index in [9.17, 15) is 9.59 Å². The lowest BCUT2D eigenvalue weighted by Gasteiger charge is -2.47. The number of hydrogen-bond donors (Lipinski definition) is 0. The summed E-state index contributed by atoms with van der Waals surface area (Å²) in [6.07, 6.45) is 13.7. The van der Waals surface area contributed by atoms with Crippen LogP contribution in [-0.4, -0.2) is 23.7 Å². The van der Waals surface area contributed by atoms with Gasteiger partial charge in [0.2, 0.25) is 12.2 Å². The highest BCUT2D eigenvalue weighted by atomic mass is 16.1. The zero-order valence-electron chi connectivity index (χ0n) is 11.9. The van der Waals surface area contributed by atoms with E-state index < -0.39 is 5.54 Å². The molecule has 2 bridgehead atoms. The molecule has 3 aliphatic rings. The van der Waals surface area contributed by atoms with Crippen molar-refractivity contribution < 1.29 is 9.59 Å². The van der Waals surface area contributed by atoms with Crippen LogP contribution in [0.15, 0.2) is 9.98 Å². The summed E-state index contributed by atoms with van der Waals surface area (Å²) >= 11 is 0. The lowest BCUT2D eigenvalue weighted by Crippen LogP contribution is -2.52. The smallest absolute Gasteiger partial charge is 0.211 e.